The molecular formula is C9H15F3N4S. The molecule has 0 saturated heterocycles. The minimum absolute atomic E-state index is 0.0540. The average molecular weight is 268 g/mol. The van der Waals surface area contributed by atoms with Crippen molar-refractivity contribution in [3.8, 4) is 0 Å². The normalized spacial score (nSPS) is 11.8. The second-order valence-electron chi connectivity index (χ2n) is 3.38. The largest absolute Gasteiger partial charge is 0.441 e. The molecule has 0 aliphatic heterocycles. The van der Waals surface area contributed by atoms with Crippen LogP contribution in [0, 0.1) is 6.92 Å². The fraction of sp³-hybridized carbons (Fsp3) is 0.667. The van der Waals surface area contributed by atoms with Crippen LogP contribution in [0.5, 0.6) is 0 Å². The monoisotopic (exact) mass is 268 g/mol. The van der Waals surface area contributed by atoms with E-state index in [1.807, 2.05) is 6.92 Å². The van der Waals surface area contributed by atoms with Crippen LogP contribution in [-0.4, -0.2) is 27.6 Å². The third-order valence-corrected chi connectivity index (χ3v) is 2.87. The Morgan fingerprint density at radius 3 is 2.65 bits per heavy atom. The molecule has 17 heavy (non-hydrogen) atoms. The van der Waals surface area contributed by atoms with Crippen molar-refractivity contribution in [2.75, 3.05) is 23.3 Å². The van der Waals surface area contributed by atoms with Crippen LogP contribution in [0.25, 0.3) is 0 Å². The van der Waals surface area contributed by atoms with Crippen LogP contribution in [0.15, 0.2) is 0 Å². The lowest BCUT2D eigenvalue weighted by Crippen LogP contribution is -2.13. The van der Waals surface area contributed by atoms with Crippen molar-refractivity contribution in [2.24, 2.45) is 0 Å². The molecule has 0 amide bonds. The van der Waals surface area contributed by atoms with Gasteiger partial charge in [-0.25, -0.2) is 4.68 Å². The number of anilines is 2. The van der Waals surface area contributed by atoms with Crippen molar-refractivity contribution in [1.29, 1.82) is 0 Å². The molecule has 0 bridgehead atoms. The molecule has 98 valence electrons. The van der Waals surface area contributed by atoms with Crippen LogP contribution < -0.4 is 11.1 Å². The number of nitrogens with one attached hydrogen (secondary N) is 1. The van der Waals surface area contributed by atoms with E-state index in [1.165, 1.54) is 0 Å². The van der Waals surface area contributed by atoms with Gasteiger partial charge in [-0.3, -0.25) is 0 Å². The Morgan fingerprint density at radius 1 is 1.47 bits per heavy atom. The van der Waals surface area contributed by atoms with E-state index in [-0.39, 0.29) is 24.1 Å². The summed E-state index contributed by atoms with van der Waals surface area (Å²) >= 11 is -0.0540. The Kier molecular flexibility index (Phi) is 4.55. The standard InChI is InChI=1S/C9H15F3N4S/c1-3-16-8(7(13)6(2)15-16)14-4-5-17-9(10,11)12/h14H,3-5,13H2,1-2H3. The van der Waals surface area contributed by atoms with E-state index in [4.69, 9.17) is 5.73 Å². The number of thioether (sulfide) groups is 1. The van der Waals surface area contributed by atoms with Crippen molar-refractivity contribution in [3.05, 3.63) is 5.69 Å². The van der Waals surface area contributed by atoms with Gasteiger partial charge in [0.2, 0.25) is 0 Å². The lowest BCUT2D eigenvalue weighted by atomic mass is 10.4. The average Bonchev–Trinajstić information content (AvgIpc) is 2.49. The quantitative estimate of drug-likeness (QED) is 0.805. The molecular weight excluding hydrogens is 253 g/mol. The van der Waals surface area contributed by atoms with E-state index >= 15 is 0 Å². The highest BCUT2D eigenvalue weighted by Crippen LogP contribution is 2.30. The highest BCUT2D eigenvalue weighted by Gasteiger charge is 2.27. The predicted molar refractivity (Wildman–Crippen MR) is 64.1 cm³/mol. The highest BCUT2D eigenvalue weighted by molar-refractivity contribution is 8.00. The summed E-state index contributed by atoms with van der Waals surface area (Å²) in [4.78, 5) is 0. The summed E-state index contributed by atoms with van der Waals surface area (Å²) in [5.41, 5.74) is 2.75. The number of rotatable bonds is 5. The first kappa shape index (κ1) is 14.0. The van der Waals surface area contributed by atoms with Gasteiger partial charge in [-0.15, -0.1) is 0 Å². The van der Waals surface area contributed by atoms with Crippen molar-refractivity contribution in [1.82, 2.24) is 9.78 Å². The number of halogens is 3. The third kappa shape index (κ3) is 4.03. The van der Waals surface area contributed by atoms with Gasteiger partial charge < -0.3 is 11.1 Å². The predicted octanol–water partition coefficient (Wildman–Crippen LogP) is 2.46. The molecule has 4 nitrogen and oxygen atoms in total. The smallest absolute Gasteiger partial charge is 0.394 e. The molecule has 1 rings (SSSR count). The fourth-order valence-electron chi connectivity index (χ4n) is 1.35. The van der Waals surface area contributed by atoms with Gasteiger partial charge in [0, 0.05) is 18.8 Å². The molecule has 0 atom stereocenters. The summed E-state index contributed by atoms with van der Waals surface area (Å²) in [5.74, 6) is 0.532. The molecule has 0 aromatic carbocycles. The van der Waals surface area contributed by atoms with Gasteiger partial charge in [0.1, 0.15) is 5.82 Å². The Labute approximate surface area is 102 Å². The van der Waals surface area contributed by atoms with E-state index in [0.717, 1.165) is 0 Å². The van der Waals surface area contributed by atoms with E-state index in [0.29, 0.717) is 23.7 Å². The highest BCUT2D eigenvalue weighted by atomic mass is 32.2. The number of aromatic nitrogens is 2. The number of nitrogens with two attached hydrogens (primary N) is 1. The topological polar surface area (TPSA) is 55.9 Å². The molecule has 3 N–H and O–H groups in total. The maximum atomic E-state index is 11.9. The van der Waals surface area contributed by atoms with Crippen molar-refractivity contribution in [3.63, 3.8) is 0 Å². The molecule has 0 saturated carbocycles. The Hall–Kier alpha value is -1.05. The maximum Gasteiger partial charge on any atom is 0.441 e. The number of hydrogen-bond donors (Lipinski definition) is 2. The molecule has 0 radical (unpaired) electrons. The summed E-state index contributed by atoms with van der Waals surface area (Å²) in [6, 6.07) is 0. The lowest BCUT2D eigenvalue weighted by molar-refractivity contribution is -0.0327. The van der Waals surface area contributed by atoms with Crippen LogP contribution in [-0.2, 0) is 6.54 Å². The first-order valence-corrected chi connectivity index (χ1v) is 6.11. The van der Waals surface area contributed by atoms with Crippen LogP contribution >= 0.6 is 11.8 Å². The zero-order valence-corrected chi connectivity index (χ0v) is 10.5. The Bertz CT molecular complexity index is 375. The van der Waals surface area contributed by atoms with Crippen LogP contribution in [0.4, 0.5) is 24.7 Å². The number of nitrogens with zero attached hydrogens (tertiary/aromatic N) is 2. The van der Waals surface area contributed by atoms with Gasteiger partial charge in [0.15, 0.2) is 0 Å². The number of alkyl halides is 3. The van der Waals surface area contributed by atoms with Crippen molar-refractivity contribution in [2.45, 2.75) is 25.9 Å². The van der Waals surface area contributed by atoms with Crippen LogP contribution in [0.2, 0.25) is 0 Å². The van der Waals surface area contributed by atoms with Gasteiger partial charge in [-0.2, -0.15) is 18.3 Å². The molecule has 8 heteroatoms. The summed E-state index contributed by atoms with van der Waals surface area (Å²) in [6.45, 7) is 4.46. The lowest BCUT2D eigenvalue weighted by Gasteiger charge is -2.10. The molecule has 1 aromatic rings. The molecule has 0 unspecified atom stereocenters. The molecule has 1 aromatic heterocycles. The van der Waals surface area contributed by atoms with Gasteiger partial charge >= 0.3 is 5.51 Å². The second-order valence-corrected chi connectivity index (χ2v) is 4.54. The Morgan fingerprint density at radius 2 is 2.12 bits per heavy atom. The van der Waals surface area contributed by atoms with Gasteiger partial charge in [-0.1, -0.05) is 0 Å². The SMILES string of the molecule is CCn1nc(C)c(N)c1NCCSC(F)(F)F. The number of nitrogen functional groups attached to an aromatic ring is 1. The van der Waals surface area contributed by atoms with Crippen LogP contribution in [0.3, 0.4) is 0 Å². The first-order valence-electron chi connectivity index (χ1n) is 5.12. The summed E-state index contributed by atoms with van der Waals surface area (Å²) in [5, 5.41) is 7.04. The van der Waals surface area contributed by atoms with E-state index in [2.05, 4.69) is 10.4 Å². The summed E-state index contributed by atoms with van der Waals surface area (Å²) in [7, 11) is 0. The minimum Gasteiger partial charge on any atom is -0.394 e. The van der Waals surface area contributed by atoms with Gasteiger partial charge in [0.05, 0.1) is 11.4 Å². The second kappa shape index (κ2) is 5.52. The molecule has 0 aliphatic carbocycles. The van der Waals surface area contributed by atoms with E-state index in [9.17, 15) is 13.2 Å². The first-order chi connectivity index (χ1) is 7.85. The Balaban J connectivity index is 2.52. The number of hydrogen-bond acceptors (Lipinski definition) is 4. The maximum absolute atomic E-state index is 11.9. The fourth-order valence-corrected chi connectivity index (χ4v) is 1.78. The van der Waals surface area contributed by atoms with Crippen molar-refractivity contribution < 1.29 is 13.2 Å². The zero-order chi connectivity index (χ0) is 13.1. The minimum atomic E-state index is -4.19. The molecule has 0 spiro atoms. The van der Waals surface area contributed by atoms with E-state index in [1.54, 1.807) is 11.6 Å². The third-order valence-electron chi connectivity index (χ3n) is 2.13. The molecule has 1 heterocycles. The molecule has 0 fully saturated rings. The number of aryl methyl sites for hydroxylation is 2. The zero-order valence-electron chi connectivity index (χ0n) is 9.64. The van der Waals surface area contributed by atoms with Crippen molar-refractivity contribution >= 4 is 23.3 Å². The van der Waals surface area contributed by atoms with E-state index < -0.39 is 5.51 Å². The molecule has 0 aliphatic rings. The van der Waals surface area contributed by atoms with Crippen LogP contribution in [0.1, 0.15) is 12.6 Å². The summed E-state index contributed by atoms with van der Waals surface area (Å²) in [6.07, 6.45) is 0. The van der Waals surface area contributed by atoms with Gasteiger partial charge in [-0.05, 0) is 25.6 Å². The summed E-state index contributed by atoms with van der Waals surface area (Å²) < 4.78 is 37.4. The van der Waals surface area contributed by atoms with Gasteiger partial charge in [0.25, 0.3) is 0 Å².